The molecule has 3 aromatic rings. The summed E-state index contributed by atoms with van der Waals surface area (Å²) in [6, 6.07) is 10.1. The molecule has 1 aliphatic heterocycles. The Morgan fingerprint density at radius 3 is 2.72 bits per heavy atom. The Morgan fingerprint density at radius 2 is 1.97 bits per heavy atom. The second-order valence-electron chi connectivity index (χ2n) is 7.38. The van der Waals surface area contributed by atoms with Crippen LogP contribution in [-0.2, 0) is 0 Å². The fourth-order valence-corrected chi connectivity index (χ4v) is 3.88. The fourth-order valence-electron chi connectivity index (χ4n) is 3.88. The maximum atomic E-state index is 13.2. The molecule has 0 unspecified atom stereocenters. The van der Waals surface area contributed by atoms with E-state index < -0.39 is 0 Å². The zero-order valence-corrected chi connectivity index (χ0v) is 18.1. The van der Waals surface area contributed by atoms with Gasteiger partial charge in [-0.3, -0.25) is 9.59 Å². The largest absolute Gasteiger partial charge is 0.497 e. The molecule has 4 rings (SSSR count). The van der Waals surface area contributed by atoms with Gasteiger partial charge in [-0.25, -0.2) is 9.97 Å². The Kier molecular flexibility index (Phi) is 6.07. The SMILES string of the molecule is COc1ccc(OC)c(C(=O)N2CC[C@@H](c3nc(-c4cccnc4OC)cc(=O)[nH]3)C2)c1. The van der Waals surface area contributed by atoms with Crippen LogP contribution in [0.25, 0.3) is 11.3 Å². The molecule has 1 saturated heterocycles. The fraction of sp³-hybridized carbons (Fsp3) is 0.304. The molecule has 1 fully saturated rings. The lowest BCUT2D eigenvalue weighted by Gasteiger charge is -2.19. The van der Waals surface area contributed by atoms with Crippen molar-refractivity contribution in [2.24, 2.45) is 0 Å². The van der Waals surface area contributed by atoms with Crippen LogP contribution in [0.1, 0.15) is 28.5 Å². The van der Waals surface area contributed by atoms with Gasteiger partial charge in [0.2, 0.25) is 5.88 Å². The number of nitrogens with one attached hydrogen (secondary N) is 1. The molecule has 0 radical (unpaired) electrons. The molecule has 0 spiro atoms. The summed E-state index contributed by atoms with van der Waals surface area (Å²) < 4.78 is 15.9. The molecule has 1 atom stereocenters. The predicted molar refractivity (Wildman–Crippen MR) is 117 cm³/mol. The van der Waals surface area contributed by atoms with Crippen LogP contribution in [0.15, 0.2) is 47.4 Å². The minimum Gasteiger partial charge on any atom is -0.497 e. The lowest BCUT2D eigenvalue weighted by molar-refractivity contribution is 0.0786. The summed E-state index contributed by atoms with van der Waals surface area (Å²) in [4.78, 5) is 39.0. The number of carbonyl (C=O) groups excluding carboxylic acids is 1. The third-order valence-corrected chi connectivity index (χ3v) is 5.50. The molecule has 1 N–H and O–H groups in total. The van der Waals surface area contributed by atoms with Crippen LogP contribution >= 0.6 is 0 Å². The van der Waals surface area contributed by atoms with E-state index in [1.807, 2.05) is 0 Å². The second kappa shape index (κ2) is 9.09. The van der Waals surface area contributed by atoms with Gasteiger partial charge in [-0.1, -0.05) is 0 Å². The summed E-state index contributed by atoms with van der Waals surface area (Å²) in [7, 11) is 4.60. The number of rotatable bonds is 6. The van der Waals surface area contributed by atoms with Crippen molar-refractivity contribution >= 4 is 5.91 Å². The van der Waals surface area contributed by atoms with Crippen LogP contribution < -0.4 is 19.8 Å². The molecule has 166 valence electrons. The lowest BCUT2D eigenvalue weighted by Crippen LogP contribution is -2.29. The highest BCUT2D eigenvalue weighted by molar-refractivity contribution is 5.97. The van der Waals surface area contributed by atoms with Crippen molar-refractivity contribution in [1.82, 2.24) is 19.9 Å². The summed E-state index contributed by atoms with van der Waals surface area (Å²) in [6.07, 6.45) is 2.29. The number of likely N-dealkylation sites (tertiary alicyclic amines) is 1. The average molecular weight is 436 g/mol. The Labute approximate surface area is 185 Å². The molecule has 2 aromatic heterocycles. The summed E-state index contributed by atoms with van der Waals surface area (Å²) in [5.41, 5.74) is 1.28. The number of ether oxygens (including phenoxy) is 3. The molecule has 0 saturated carbocycles. The number of hydrogen-bond acceptors (Lipinski definition) is 7. The van der Waals surface area contributed by atoms with Crippen molar-refractivity contribution in [2.45, 2.75) is 12.3 Å². The van der Waals surface area contributed by atoms with E-state index in [0.717, 1.165) is 0 Å². The van der Waals surface area contributed by atoms with Gasteiger partial charge in [0.1, 0.15) is 17.3 Å². The number of benzene rings is 1. The molecular weight excluding hydrogens is 412 g/mol. The normalized spacial score (nSPS) is 15.5. The highest BCUT2D eigenvalue weighted by atomic mass is 16.5. The first-order valence-electron chi connectivity index (χ1n) is 10.2. The second-order valence-corrected chi connectivity index (χ2v) is 7.38. The number of pyridine rings is 1. The van der Waals surface area contributed by atoms with Gasteiger partial charge in [-0.2, -0.15) is 0 Å². The van der Waals surface area contributed by atoms with Crippen molar-refractivity contribution in [3.05, 3.63) is 64.3 Å². The van der Waals surface area contributed by atoms with Gasteiger partial charge in [0.15, 0.2) is 0 Å². The third-order valence-electron chi connectivity index (χ3n) is 5.50. The molecular formula is C23H24N4O5. The molecule has 0 bridgehead atoms. The van der Waals surface area contributed by atoms with E-state index in [9.17, 15) is 9.59 Å². The zero-order valence-electron chi connectivity index (χ0n) is 18.1. The molecule has 0 aliphatic carbocycles. The van der Waals surface area contributed by atoms with Gasteiger partial charge < -0.3 is 24.1 Å². The zero-order chi connectivity index (χ0) is 22.7. The molecule has 1 amide bonds. The number of amides is 1. The van der Waals surface area contributed by atoms with Crippen LogP contribution in [0.5, 0.6) is 17.4 Å². The van der Waals surface area contributed by atoms with Gasteiger partial charge in [0.25, 0.3) is 11.5 Å². The number of carbonyl (C=O) groups is 1. The predicted octanol–water partition coefficient (Wildman–Crippen LogP) is 2.49. The van der Waals surface area contributed by atoms with Crippen molar-refractivity contribution < 1.29 is 19.0 Å². The lowest BCUT2D eigenvalue weighted by atomic mass is 10.1. The number of aromatic amines is 1. The number of nitrogens with zero attached hydrogens (tertiary/aromatic N) is 3. The van der Waals surface area contributed by atoms with E-state index in [0.29, 0.717) is 59.5 Å². The summed E-state index contributed by atoms with van der Waals surface area (Å²) in [6.45, 7) is 0.962. The van der Waals surface area contributed by atoms with E-state index in [1.54, 1.807) is 48.5 Å². The maximum absolute atomic E-state index is 13.2. The van der Waals surface area contributed by atoms with Crippen LogP contribution in [0.2, 0.25) is 0 Å². The van der Waals surface area contributed by atoms with Crippen LogP contribution in [0.4, 0.5) is 0 Å². The topological polar surface area (TPSA) is 107 Å². The minimum absolute atomic E-state index is 0.106. The number of hydrogen-bond donors (Lipinski definition) is 1. The van der Waals surface area contributed by atoms with E-state index >= 15 is 0 Å². The first-order chi connectivity index (χ1) is 15.5. The molecule has 9 nitrogen and oxygen atoms in total. The number of aromatic nitrogens is 3. The first-order valence-corrected chi connectivity index (χ1v) is 10.2. The smallest absolute Gasteiger partial charge is 0.257 e. The van der Waals surface area contributed by atoms with Crippen molar-refractivity contribution in [1.29, 1.82) is 0 Å². The number of methoxy groups -OCH3 is 3. The summed E-state index contributed by atoms with van der Waals surface area (Å²) in [5, 5.41) is 0. The van der Waals surface area contributed by atoms with Crippen LogP contribution in [0.3, 0.4) is 0 Å². The first kappa shape index (κ1) is 21.4. The highest BCUT2D eigenvalue weighted by Crippen LogP contribution is 2.31. The summed E-state index contributed by atoms with van der Waals surface area (Å²) in [5.74, 6) is 1.73. The Balaban J connectivity index is 1.60. The molecule has 32 heavy (non-hydrogen) atoms. The minimum atomic E-state index is -0.268. The van der Waals surface area contributed by atoms with Gasteiger partial charge in [-0.05, 0) is 36.8 Å². The van der Waals surface area contributed by atoms with E-state index in [4.69, 9.17) is 14.2 Å². The monoisotopic (exact) mass is 436 g/mol. The van der Waals surface area contributed by atoms with Crippen molar-refractivity contribution in [2.75, 3.05) is 34.4 Å². The van der Waals surface area contributed by atoms with Crippen LogP contribution in [-0.4, -0.2) is 60.2 Å². The van der Waals surface area contributed by atoms with Gasteiger partial charge in [-0.15, -0.1) is 0 Å². The highest BCUT2D eigenvalue weighted by Gasteiger charge is 2.31. The molecule has 9 heteroatoms. The third kappa shape index (κ3) is 4.14. The van der Waals surface area contributed by atoms with E-state index in [1.165, 1.54) is 20.3 Å². The quantitative estimate of drug-likeness (QED) is 0.633. The maximum Gasteiger partial charge on any atom is 0.257 e. The van der Waals surface area contributed by atoms with Gasteiger partial charge in [0.05, 0.1) is 38.2 Å². The summed E-state index contributed by atoms with van der Waals surface area (Å²) >= 11 is 0. The van der Waals surface area contributed by atoms with Gasteiger partial charge in [0, 0.05) is 31.3 Å². The Bertz CT molecular complexity index is 1190. The van der Waals surface area contributed by atoms with E-state index in [2.05, 4.69) is 15.0 Å². The Hall–Kier alpha value is -3.88. The van der Waals surface area contributed by atoms with E-state index in [-0.39, 0.29) is 17.4 Å². The molecule has 1 aromatic carbocycles. The van der Waals surface area contributed by atoms with Crippen molar-refractivity contribution in [3.63, 3.8) is 0 Å². The average Bonchev–Trinajstić information content (AvgIpc) is 3.33. The Morgan fingerprint density at radius 1 is 1.12 bits per heavy atom. The van der Waals surface area contributed by atoms with Crippen molar-refractivity contribution in [3.8, 4) is 28.6 Å². The van der Waals surface area contributed by atoms with Gasteiger partial charge >= 0.3 is 0 Å². The standard InChI is InChI=1S/C23H24N4O5/c1-30-15-6-7-19(31-2)17(11-15)23(29)27-10-8-14(13-27)21-25-18(12-20(28)26-21)16-5-4-9-24-22(16)32-3/h4-7,9,11-12,14H,8,10,13H2,1-3H3,(H,25,26,28)/t14-/m1/s1. The molecule has 1 aliphatic rings. The molecule has 3 heterocycles. The van der Waals surface area contributed by atoms with Crippen LogP contribution in [0, 0.1) is 0 Å². The number of H-pyrrole nitrogens is 1.